The van der Waals surface area contributed by atoms with Crippen LogP contribution in [-0.4, -0.2) is 54.6 Å². The second-order valence-corrected chi connectivity index (χ2v) is 9.58. The summed E-state index contributed by atoms with van der Waals surface area (Å²) in [6, 6.07) is 11.6. The van der Waals surface area contributed by atoms with E-state index in [4.69, 9.17) is 9.47 Å². The van der Waals surface area contributed by atoms with Crippen LogP contribution >= 0.6 is 47.8 Å². The number of halogens is 3. The van der Waals surface area contributed by atoms with Gasteiger partial charge in [0.2, 0.25) is 17.8 Å². The van der Waals surface area contributed by atoms with E-state index in [2.05, 4.69) is 83.5 Å². The number of hydrazone groups is 1. The van der Waals surface area contributed by atoms with E-state index in [1.54, 1.807) is 13.3 Å². The molecule has 4 rings (SSSR count). The van der Waals surface area contributed by atoms with E-state index in [0.29, 0.717) is 49.9 Å². The zero-order valence-electron chi connectivity index (χ0n) is 17.6. The Balaban J connectivity index is 1.60. The van der Waals surface area contributed by atoms with E-state index >= 15 is 0 Å². The first-order valence-corrected chi connectivity index (χ1v) is 12.3. The van der Waals surface area contributed by atoms with Gasteiger partial charge < -0.3 is 19.7 Å². The SMILES string of the molecule is COc1c(Br)cc(Br)cc1/C=N\Nc1nc(Nc2cccc(Br)c2)nc(N2CCOCC2)n1. The summed E-state index contributed by atoms with van der Waals surface area (Å²) in [6.45, 7) is 2.65. The summed E-state index contributed by atoms with van der Waals surface area (Å²) in [6.07, 6.45) is 1.65. The Bertz CT molecular complexity index is 1160. The van der Waals surface area contributed by atoms with Gasteiger partial charge in [0.1, 0.15) is 5.75 Å². The van der Waals surface area contributed by atoms with Crippen LogP contribution in [0.3, 0.4) is 0 Å². The first kappa shape index (κ1) is 23.9. The molecule has 3 aromatic rings. The van der Waals surface area contributed by atoms with Crippen LogP contribution in [0.4, 0.5) is 23.5 Å². The van der Waals surface area contributed by atoms with E-state index in [9.17, 15) is 0 Å². The van der Waals surface area contributed by atoms with Crippen LogP contribution in [0.25, 0.3) is 0 Å². The number of aromatic nitrogens is 3. The second-order valence-electron chi connectivity index (χ2n) is 6.90. The minimum Gasteiger partial charge on any atom is -0.495 e. The third-order valence-electron chi connectivity index (χ3n) is 4.61. The van der Waals surface area contributed by atoms with Gasteiger partial charge in [-0.25, -0.2) is 5.43 Å². The average Bonchev–Trinajstić information content (AvgIpc) is 2.79. The van der Waals surface area contributed by atoms with Crippen molar-refractivity contribution in [3.8, 4) is 5.75 Å². The highest BCUT2D eigenvalue weighted by atomic mass is 79.9. The van der Waals surface area contributed by atoms with Crippen molar-refractivity contribution >= 4 is 77.5 Å². The minimum absolute atomic E-state index is 0.313. The number of morpholine rings is 1. The molecule has 0 radical (unpaired) electrons. The third-order valence-corrected chi connectivity index (χ3v) is 6.15. The number of benzene rings is 2. The predicted octanol–water partition coefficient (Wildman–Crippen LogP) is 5.19. The van der Waals surface area contributed by atoms with Gasteiger partial charge in [-0.2, -0.15) is 20.1 Å². The minimum atomic E-state index is 0.313. The molecule has 1 aliphatic rings. The van der Waals surface area contributed by atoms with Crippen LogP contribution in [0.5, 0.6) is 5.75 Å². The highest BCUT2D eigenvalue weighted by Gasteiger charge is 2.17. The summed E-state index contributed by atoms with van der Waals surface area (Å²) in [5.74, 6) is 1.94. The molecule has 1 saturated heterocycles. The molecule has 2 heterocycles. The summed E-state index contributed by atoms with van der Waals surface area (Å²) in [5, 5.41) is 7.55. The van der Waals surface area contributed by atoms with Crippen LogP contribution < -0.4 is 20.4 Å². The van der Waals surface area contributed by atoms with Crippen molar-refractivity contribution in [2.24, 2.45) is 5.10 Å². The lowest BCUT2D eigenvalue weighted by atomic mass is 10.2. The normalized spacial score (nSPS) is 13.9. The summed E-state index contributed by atoms with van der Waals surface area (Å²) in [5.41, 5.74) is 4.54. The topological polar surface area (TPSA) is 96.8 Å². The highest BCUT2D eigenvalue weighted by molar-refractivity contribution is 9.11. The maximum Gasteiger partial charge on any atom is 0.250 e. The molecule has 0 aliphatic carbocycles. The Labute approximate surface area is 216 Å². The maximum absolute atomic E-state index is 5.47. The van der Waals surface area contributed by atoms with Crippen LogP contribution in [0.1, 0.15) is 5.56 Å². The standard InChI is InChI=1S/C21H20Br3N7O2/c1-32-18-13(9-15(23)11-17(18)24)12-25-30-20-27-19(26-16-4-2-3-14(22)10-16)28-21(29-20)31-5-7-33-8-6-31/h2-4,9-12H,5-8H2,1H3,(H2,26,27,28,29,30)/b25-12-. The molecule has 0 unspecified atom stereocenters. The molecule has 2 N–H and O–H groups in total. The molecule has 0 saturated carbocycles. The average molecular weight is 642 g/mol. The zero-order chi connectivity index (χ0) is 23.2. The van der Waals surface area contributed by atoms with Crippen LogP contribution in [0.15, 0.2) is 54.9 Å². The number of nitrogens with one attached hydrogen (secondary N) is 2. The van der Waals surface area contributed by atoms with Crippen molar-refractivity contribution < 1.29 is 9.47 Å². The van der Waals surface area contributed by atoms with E-state index < -0.39 is 0 Å². The molecule has 172 valence electrons. The smallest absolute Gasteiger partial charge is 0.250 e. The molecule has 0 atom stereocenters. The molecule has 33 heavy (non-hydrogen) atoms. The van der Waals surface area contributed by atoms with E-state index in [0.717, 1.165) is 24.7 Å². The Morgan fingerprint density at radius 1 is 1.03 bits per heavy atom. The second kappa shape index (κ2) is 11.2. The molecule has 1 aromatic heterocycles. The highest BCUT2D eigenvalue weighted by Crippen LogP contribution is 2.31. The quantitative estimate of drug-likeness (QED) is 0.269. The van der Waals surface area contributed by atoms with Gasteiger partial charge in [-0.05, 0) is 46.3 Å². The fraction of sp³-hybridized carbons (Fsp3) is 0.238. The lowest BCUT2D eigenvalue weighted by Gasteiger charge is -2.27. The lowest BCUT2D eigenvalue weighted by molar-refractivity contribution is 0.122. The van der Waals surface area contributed by atoms with Gasteiger partial charge in [-0.3, -0.25) is 0 Å². The fourth-order valence-corrected chi connectivity index (χ4v) is 4.94. The van der Waals surface area contributed by atoms with Crippen molar-refractivity contribution in [2.45, 2.75) is 0 Å². The van der Waals surface area contributed by atoms with Crippen LogP contribution in [0, 0.1) is 0 Å². The Morgan fingerprint density at radius 2 is 1.82 bits per heavy atom. The Hall–Kier alpha value is -2.28. The molecule has 12 heteroatoms. The van der Waals surface area contributed by atoms with Crippen molar-refractivity contribution in [2.75, 3.05) is 49.1 Å². The van der Waals surface area contributed by atoms with Crippen LogP contribution in [-0.2, 0) is 4.74 Å². The van der Waals surface area contributed by atoms with Gasteiger partial charge in [0, 0.05) is 33.3 Å². The fourth-order valence-electron chi connectivity index (χ4n) is 3.12. The van der Waals surface area contributed by atoms with Gasteiger partial charge in [0.15, 0.2) is 0 Å². The first-order valence-electron chi connectivity index (χ1n) is 9.95. The summed E-state index contributed by atoms with van der Waals surface area (Å²) < 4.78 is 13.6. The maximum atomic E-state index is 5.47. The monoisotopic (exact) mass is 639 g/mol. The van der Waals surface area contributed by atoms with E-state index in [1.807, 2.05) is 36.4 Å². The predicted molar refractivity (Wildman–Crippen MR) is 140 cm³/mol. The molecule has 0 amide bonds. The number of hydrogen-bond acceptors (Lipinski definition) is 9. The third kappa shape index (κ3) is 6.40. The molecule has 9 nitrogen and oxygen atoms in total. The lowest BCUT2D eigenvalue weighted by Crippen LogP contribution is -2.37. The largest absolute Gasteiger partial charge is 0.495 e. The van der Waals surface area contributed by atoms with E-state index in [1.165, 1.54) is 0 Å². The van der Waals surface area contributed by atoms with Gasteiger partial charge in [-0.15, -0.1) is 0 Å². The molecule has 1 fully saturated rings. The van der Waals surface area contributed by atoms with E-state index in [-0.39, 0.29) is 0 Å². The van der Waals surface area contributed by atoms with Gasteiger partial charge in [0.25, 0.3) is 0 Å². The zero-order valence-corrected chi connectivity index (χ0v) is 22.3. The van der Waals surface area contributed by atoms with Gasteiger partial charge >= 0.3 is 0 Å². The molecule has 1 aliphatic heterocycles. The number of hydrogen-bond donors (Lipinski definition) is 2. The molecule has 2 aromatic carbocycles. The molecular formula is C21H20Br3N7O2. The summed E-state index contributed by atoms with van der Waals surface area (Å²) in [7, 11) is 1.61. The first-order chi connectivity index (χ1) is 16.0. The molecular weight excluding hydrogens is 622 g/mol. The number of nitrogens with zero attached hydrogens (tertiary/aromatic N) is 5. The number of rotatable bonds is 7. The van der Waals surface area contributed by atoms with Gasteiger partial charge in [0.05, 0.1) is 31.0 Å². The molecule has 0 bridgehead atoms. The molecule has 0 spiro atoms. The Kier molecular flexibility index (Phi) is 8.12. The van der Waals surface area contributed by atoms with Gasteiger partial charge in [-0.1, -0.05) is 37.9 Å². The summed E-state index contributed by atoms with van der Waals surface area (Å²) >= 11 is 10.5. The Morgan fingerprint density at radius 3 is 2.58 bits per heavy atom. The number of anilines is 4. The number of ether oxygens (including phenoxy) is 2. The van der Waals surface area contributed by atoms with Crippen molar-refractivity contribution in [3.63, 3.8) is 0 Å². The number of methoxy groups -OCH3 is 1. The van der Waals surface area contributed by atoms with Crippen molar-refractivity contribution in [1.29, 1.82) is 0 Å². The van der Waals surface area contributed by atoms with Crippen molar-refractivity contribution in [3.05, 3.63) is 55.4 Å². The van der Waals surface area contributed by atoms with Crippen LogP contribution in [0.2, 0.25) is 0 Å². The summed E-state index contributed by atoms with van der Waals surface area (Å²) in [4.78, 5) is 15.7. The van der Waals surface area contributed by atoms with Crippen molar-refractivity contribution in [1.82, 2.24) is 15.0 Å².